The first kappa shape index (κ1) is 20.8. The molecular weight excluding hydrogens is 358 g/mol. The molecule has 0 aromatic heterocycles. The molecule has 1 aromatic rings. The van der Waals surface area contributed by atoms with Crippen LogP contribution in [-0.4, -0.2) is 67.8 Å². The van der Waals surface area contributed by atoms with Crippen LogP contribution in [0.15, 0.2) is 24.3 Å². The van der Waals surface area contributed by atoms with Gasteiger partial charge in [-0.05, 0) is 51.3 Å². The van der Waals surface area contributed by atoms with Crippen molar-refractivity contribution >= 4 is 17.5 Å². The van der Waals surface area contributed by atoms with Crippen molar-refractivity contribution < 1.29 is 19.1 Å². The third-order valence-corrected chi connectivity index (χ3v) is 5.05. The number of hydrogen-bond acceptors (Lipinski definition) is 5. The second-order valence-electron chi connectivity index (χ2n) is 7.70. The quantitative estimate of drug-likeness (QED) is 0.698. The van der Waals surface area contributed by atoms with Crippen LogP contribution in [0, 0.1) is 0 Å². The predicted octanol–water partition coefficient (Wildman–Crippen LogP) is 2.03. The van der Waals surface area contributed by atoms with Crippen LogP contribution in [0.4, 0.5) is 5.69 Å². The summed E-state index contributed by atoms with van der Waals surface area (Å²) in [5, 5.41) is 5.80. The van der Waals surface area contributed by atoms with E-state index < -0.39 is 0 Å². The molecule has 1 aromatic carbocycles. The highest BCUT2D eigenvalue weighted by Gasteiger charge is 2.24. The van der Waals surface area contributed by atoms with Crippen LogP contribution in [0.1, 0.15) is 43.5 Å². The number of anilines is 1. The number of carbonyl (C=O) groups excluding carboxylic acids is 2. The number of ether oxygens (including phenoxy) is 2. The molecule has 7 nitrogen and oxygen atoms in total. The Kier molecular flexibility index (Phi) is 7.42. The monoisotopic (exact) mass is 389 g/mol. The van der Waals surface area contributed by atoms with Crippen LogP contribution in [0.5, 0.6) is 0 Å². The van der Waals surface area contributed by atoms with Crippen LogP contribution in [0.2, 0.25) is 0 Å². The fraction of sp³-hybridized carbons (Fsp3) is 0.619. The number of morpholine rings is 1. The summed E-state index contributed by atoms with van der Waals surface area (Å²) in [6.07, 6.45) is 2.66. The van der Waals surface area contributed by atoms with Crippen molar-refractivity contribution in [3.8, 4) is 0 Å². The minimum Gasteiger partial charge on any atom is -0.373 e. The van der Waals surface area contributed by atoms with Gasteiger partial charge in [0.05, 0.1) is 12.2 Å². The number of nitrogens with one attached hydrogen (secondary N) is 2. The van der Waals surface area contributed by atoms with Crippen LogP contribution in [0.3, 0.4) is 0 Å². The first-order valence-corrected chi connectivity index (χ1v) is 10.2. The lowest BCUT2D eigenvalue weighted by atomic mass is 10.1. The third kappa shape index (κ3) is 6.02. The molecule has 3 rings (SSSR count). The van der Waals surface area contributed by atoms with Gasteiger partial charge in [-0.3, -0.25) is 14.5 Å². The van der Waals surface area contributed by atoms with Crippen LogP contribution in [-0.2, 0) is 14.3 Å². The standard InChI is InChI=1S/C21H31N3O4/c1-15-13-24(14-16(2)28-15)10-5-9-22-20(25)17-6-3-7-18(12-17)23-21(26)19-8-4-11-27-19/h3,6-7,12,15-16,19H,4-5,8-11,13-14H2,1-2H3,(H,22,25)(H,23,26). The molecule has 3 unspecified atom stereocenters. The molecule has 28 heavy (non-hydrogen) atoms. The highest BCUT2D eigenvalue weighted by molar-refractivity contribution is 5.98. The SMILES string of the molecule is CC1CN(CCCNC(=O)c2cccc(NC(=O)C3CCCO3)c2)CC(C)O1. The van der Waals surface area contributed by atoms with Crippen molar-refractivity contribution in [3.63, 3.8) is 0 Å². The highest BCUT2D eigenvalue weighted by Crippen LogP contribution is 2.16. The maximum atomic E-state index is 12.4. The van der Waals surface area contributed by atoms with Crippen LogP contribution < -0.4 is 10.6 Å². The maximum absolute atomic E-state index is 12.4. The molecule has 154 valence electrons. The van der Waals surface area contributed by atoms with E-state index in [1.807, 2.05) is 0 Å². The number of carbonyl (C=O) groups is 2. The maximum Gasteiger partial charge on any atom is 0.253 e. The number of rotatable bonds is 7. The molecular formula is C21H31N3O4. The lowest BCUT2D eigenvalue weighted by molar-refractivity contribution is -0.124. The van der Waals surface area contributed by atoms with E-state index in [1.54, 1.807) is 24.3 Å². The van der Waals surface area contributed by atoms with Crippen molar-refractivity contribution in [1.29, 1.82) is 0 Å². The van der Waals surface area contributed by atoms with Crippen molar-refractivity contribution in [3.05, 3.63) is 29.8 Å². The summed E-state index contributed by atoms with van der Waals surface area (Å²) in [6.45, 7) is 8.24. The molecule has 0 radical (unpaired) electrons. The Morgan fingerprint density at radius 2 is 2.00 bits per heavy atom. The minimum atomic E-state index is -0.386. The molecule has 3 atom stereocenters. The van der Waals surface area contributed by atoms with Gasteiger partial charge in [0, 0.05) is 44.0 Å². The molecule has 0 saturated carbocycles. The van der Waals surface area contributed by atoms with Gasteiger partial charge in [-0.25, -0.2) is 0 Å². The van der Waals surface area contributed by atoms with Gasteiger partial charge in [0.2, 0.25) is 0 Å². The predicted molar refractivity (Wildman–Crippen MR) is 107 cm³/mol. The molecule has 0 aliphatic carbocycles. The molecule has 2 heterocycles. The zero-order valence-electron chi connectivity index (χ0n) is 16.8. The number of nitrogens with zero attached hydrogens (tertiary/aromatic N) is 1. The smallest absolute Gasteiger partial charge is 0.253 e. The van der Waals surface area contributed by atoms with Crippen molar-refractivity contribution in [2.24, 2.45) is 0 Å². The Bertz CT molecular complexity index is 665. The normalized spacial score (nSPS) is 25.4. The Hall–Kier alpha value is -1.96. The molecule has 2 aliphatic rings. The number of benzene rings is 1. The summed E-state index contributed by atoms with van der Waals surface area (Å²) < 4.78 is 11.1. The zero-order valence-corrected chi connectivity index (χ0v) is 16.8. The lowest BCUT2D eigenvalue weighted by Crippen LogP contribution is -2.46. The van der Waals surface area contributed by atoms with Gasteiger partial charge < -0.3 is 20.1 Å². The Labute approximate surface area is 166 Å². The van der Waals surface area contributed by atoms with Gasteiger partial charge in [-0.15, -0.1) is 0 Å². The van der Waals surface area contributed by atoms with E-state index >= 15 is 0 Å². The number of hydrogen-bond donors (Lipinski definition) is 2. The third-order valence-electron chi connectivity index (χ3n) is 5.05. The zero-order chi connectivity index (χ0) is 19.9. The largest absolute Gasteiger partial charge is 0.373 e. The topological polar surface area (TPSA) is 79.9 Å². The minimum absolute atomic E-state index is 0.128. The van der Waals surface area contributed by atoms with Crippen LogP contribution >= 0.6 is 0 Å². The van der Waals surface area contributed by atoms with Gasteiger partial charge in [0.25, 0.3) is 11.8 Å². The Balaban J connectivity index is 1.42. The Morgan fingerprint density at radius 3 is 2.71 bits per heavy atom. The molecule has 2 saturated heterocycles. The molecule has 7 heteroatoms. The van der Waals surface area contributed by atoms with Gasteiger partial charge in [-0.2, -0.15) is 0 Å². The summed E-state index contributed by atoms with van der Waals surface area (Å²) in [5.74, 6) is -0.277. The molecule has 2 fully saturated rings. The van der Waals surface area contributed by atoms with Crippen molar-refractivity contribution in [2.75, 3.05) is 38.1 Å². The van der Waals surface area contributed by atoms with E-state index in [2.05, 4.69) is 29.4 Å². The van der Waals surface area contributed by atoms with E-state index in [-0.39, 0.29) is 30.1 Å². The van der Waals surface area contributed by atoms with E-state index in [4.69, 9.17) is 9.47 Å². The molecule has 0 bridgehead atoms. The lowest BCUT2D eigenvalue weighted by Gasteiger charge is -2.35. The van der Waals surface area contributed by atoms with Crippen molar-refractivity contribution in [2.45, 2.75) is 51.4 Å². The second kappa shape index (κ2) is 10.0. The molecule has 2 aliphatic heterocycles. The van der Waals surface area contributed by atoms with Crippen LogP contribution in [0.25, 0.3) is 0 Å². The van der Waals surface area contributed by atoms with E-state index in [0.717, 1.165) is 38.9 Å². The molecule has 0 spiro atoms. The van der Waals surface area contributed by atoms with E-state index in [1.165, 1.54) is 0 Å². The summed E-state index contributed by atoms with van der Waals surface area (Å²) in [4.78, 5) is 26.9. The van der Waals surface area contributed by atoms with E-state index in [9.17, 15) is 9.59 Å². The first-order chi connectivity index (χ1) is 13.5. The first-order valence-electron chi connectivity index (χ1n) is 10.2. The summed E-state index contributed by atoms with van der Waals surface area (Å²) in [5.41, 5.74) is 1.16. The van der Waals surface area contributed by atoms with Crippen molar-refractivity contribution in [1.82, 2.24) is 10.2 Å². The van der Waals surface area contributed by atoms with Gasteiger partial charge >= 0.3 is 0 Å². The molecule has 2 N–H and O–H groups in total. The highest BCUT2D eigenvalue weighted by atomic mass is 16.5. The average molecular weight is 389 g/mol. The summed E-state index contributed by atoms with van der Waals surface area (Å²) in [6, 6.07) is 7.01. The summed E-state index contributed by atoms with van der Waals surface area (Å²) >= 11 is 0. The second-order valence-corrected chi connectivity index (χ2v) is 7.70. The van der Waals surface area contributed by atoms with Gasteiger partial charge in [-0.1, -0.05) is 6.07 Å². The van der Waals surface area contributed by atoms with Gasteiger partial charge in [0.1, 0.15) is 6.10 Å². The fourth-order valence-electron chi connectivity index (χ4n) is 3.82. The summed E-state index contributed by atoms with van der Waals surface area (Å²) in [7, 11) is 0. The Morgan fingerprint density at radius 1 is 1.21 bits per heavy atom. The van der Waals surface area contributed by atoms with Gasteiger partial charge in [0.15, 0.2) is 0 Å². The van der Waals surface area contributed by atoms with E-state index in [0.29, 0.717) is 24.4 Å². The fourth-order valence-corrected chi connectivity index (χ4v) is 3.82. The average Bonchev–Trinajstić information content (AvgIpc) is 3.19. The molecule has 2 amide bonds. The number of amides is 2.